The number of hydrogen-bond donors (Lipinski definition) is 2. The van der Waals surface area contributed by atoms with E-state index in [0.29, 0.717) is 49.1 Å². The summed E-state index contributed by atoms with van der Waals surface area (Å²) in [5.41, 5.74) is 1.05. The van der Waals surface area contributed by atoms with E-state index in [-0.39, 0.29) is 6.03 Å². The number of para-hydroxylation sites is 2. The Kier molecular flexibility index (Phi) is 8.09. The van der Waals surface area contributed by atoms with Crippen LogP contribution in [0.2, 0.25) is 0 Å². The summed E-state index contributed by atoms with van der Waals surface area (Å²) in [5.74, 6) is 2.67. The molecule has 0 bridgehead atoms. The molecule has 0 aliphatic rings. The molecule has 2 amide bonds. The zero-order chi connectivity index (χ0) is 19.5. The van der Waals surface area contributed by atoms with Crippen molar-refractivity contribution < 1.29 is 23.7 Å². The lowest BCUT2D eigenvalue weighted by molar-refractivity contribution is 0.235. The molecule has 0 unspecified atom stereocenters. The molecular weight excluding hydrogens is 348 g/mol. The SMILES string of the molecule is COc1ccc(CCNC(=O)NCCOc2ccccc2OC)cc1OC. The van der Waals surface area contributed by atoms with Crippen LogP contribution in [0.5, 0.6) is 23.0 Å². The molecule has 2 aromatic carbocycles. The van der Waals surface area contributed by atoms with Crippen molar-refractivity contribution in [1.29, 1.82) is 0 Å². The number of carbonyl (C=O) groups excluding carboxylic acids is 1. The van der Waals surface area contributed by atoms with Crippen molar-refractivity contribution in [3.63, 3.8) is 0 Å². The van der Waals surface area contributed by atoms with Crippen LogP contribution in [0.15, 0.2) is 42.5 Å². The number of methoxy groups -OCH3 is 3. The maximum absolute atomic E-state index is 11.8. The van der Waals surface area contributed by atoms with E-state index in [1.165, 1.54) is 0 Å². The van der Waals surface area contributed by atoms with Crippen LogP contribution in [0.4, 0.5) is 4.79 Å². The molecular formula is C20H26N2O5. The Labute approximate surface area is 159 Å². The topological polar surface area (TPSA) is 78.1 Å². The van der Waals surface area contributed by atoms with E-state index in [9.17, 15) is 4.79 Å². The first-order valence-corrected chi connectivity index (χ1v) is 8.66. The summed E-state index contributed by atoms with van der Waals surface area (Å²) in [5, 5.41) is 5.57. The minimum atomic E-state index is -0.237. The van der Waals surface area contributed by atoms with Gasteiger partial charge >= 0.3 is 6.03 Å². The highest BCUT2D eigenvalue weighted by Gasteiger charge is 2.06. The summed E-state index contributed by atoms with van der Waals surface area (Å²) >= 11 is 0. The smallest absolute Gasteiger partial charge is 0.314 e. The van der Waals surface area contributed by atoms with E-state index in [4.69, 9.17) is 18.9 Å². The Balaban J connectivity index is 1.66. The van der Waals surface area contributed by atoms with Crippen LogP contribution in [-0.2, 0) is 6.42 Å². The molecule has 0 spiro atoms. The highest BCUT2D eigenvalue weighted by atomic mass is 16.5. The van der Waals surface area contributed by atoms with Gasteiger partial charge in [0.1, 0.15) is 6.61 Å². The van der Waals surface area contributed by atoms with Gasteiger partial charge in [-0.2, -0.15) is 0 Å². The van der Waals surface area contributed by atoms with Crippen molar-refractivity contribution in [1.82, 2.24) is 10.6 Å². The van der Waals surface area contributed by atoms with Gasteiger partial charge in [-0.25, -0.2) is 4.79 Å². The molecule has 0 fully saturated rings. The molecule has 7 heteroatoms. The predicted molar refractivity (Wildman–Crippen MR) is 103 cm³/mol. The van der Waals surface area contributed by atoms with Crippen molar-refractivity contribution in [2.45, 2.75) is 6.42 Å². The summed E-state index contributed by atoms with van der Waals surface area (Å²) in [4.78, 5) is 11.8. The van der Waals surface area contributed by atoms with Gasteiger partial charge in [-0.05, 0) is 36.2 Å². The Morgan fingerprint density at radius 1 is 0.815 bits per heavy atom. The Bertz CT molecular complexity index is 736. The molecule has 7 nitrogen and oxygen atoms in total. The van der Waals surface area contributed by atoms with Crippen molar-refractivity contribution in [3.05, 3.63) is 48.0 Å². The number of hydrogen-bond acceptors (Lipinski definition) is 5. The lowest BCUT2D eigenvalue weighted by Gasteiger charge is -2.12. The van der Waals surface area contributed by atoms with E-state index in [0.717, 1.165) is 5.56 Å². The predicted octanol–water partition coefficient (Wildman–Crippen LogP) is 2.63. The molecule has 0 aliphatic heterocycles. The quantitative estimate of drug-likeness (QED) is 0.625. The molecule has 2 N–H and O–H groups in total. The second-order valence-electron chi connectivity index (χ2n) is 5.62. The number of urea groups is 1. The zero-order valence-electron chi connectivity index (χ0n) is 15.9. The minimum absolute atomic E-state index is 0.237. The van der Waals surface area contributed by atoms with Gasteiger partial charge in [0.2, 0.25) is 0 Å². The van der Waals surface area contributed by atoms with E-state index < -0.39 is 0 Å². The summed E-state index contributed by atoms with van der Waals surface area (Å²) in [6.45, 7) is 1.25. The van der Waals surface area contributed by atoms with E-state index in [1.807, 2.05) is 42.5 Å². The van der Waals surface area contributed by atoms with Gasteiger partial charge in [0.05, 0.1) is 27.9 Å². The van der Waals surface area contributed by atoms with Crippen molar-refractivity contribution in [2.75, 3.05) is 41.0 Å². The fourth-order valence-corrected chi connectivity index (χ4v) is 2.48. The number of nitrogens with one attached hydrogen (secondary N) is 2. The summed E-state index contributed by atoms with van der Waals surface area (Å²) in [6.07, 6.45) is 0.686. The molecule has 2 aromatic rings. The fraction of sp³-hybridized carbons (Fsp3) is 0.350. The summed E-state index contributed by atoms with van der Waals surface area (Å²) < 4.78 is 21.3. The van der Waals surface area contributed by atoms with Crippen LogP contribution in [-0.4, -0.2) is 47.1 Å². The maximum atomic E-state index is 11.8. The number of amides is 2. The van der Waals surface area contributed by atoms with Gasteiger partial charge < -0.3 is 29.6 Å². The van der Waals surface area contributed by atoms with Crippen LogP contribution in [0.25, 0.3) is 0 Å². The molecule has 0 atom stereocenters. The van der Waals surface area contributed by atoms with Crippen molar-refractivity contribution >= 4 is 6.03 Å². The first kappa shape index (κ1) is 20.2. The van der Waals surface area contributed by atoms with Gasteiger partial charge in [0.15, 0.2) is 23.0 Å². The van der Waals surface area contributed by atoms with E-state index in [1.54, 1.807) is 21.3 Å². The van der Waals surface area contributed by atoms with Crippen LogP contribution in [0, 0.1) is 0 Å². The average Bonchev–Trinajstić information content (AvgIpc) is 2.71. The molecule has 0 aliphatic carbocycles. The number of carbonyl (C=O) groups is 1. The summed E-state index contributed by atoms with van der Waals surface area (Å²) in [6, 6.07) is 12.8. The molecule has 0 radical (unpaired) electrons. The normalized spacial score (nSPS) is 10.0. The van der Waals surface area contributed by atoms with Gasteiger partial charge in [-0.1, -0.05) is 18.2 Å². The monoisotopic (exact) mass is 374 g/mol. The first-order valence-electron chi connectivity index (χ1n) is 8.66. The average molecular weight is 374 g/mol. The zero-order valence-corrected chi connectivity index (χ0v) is 15.9. The van der Waals surface area contributed by atoms with E-state index in [2.05, 4.69) is 10.6 Å². The molecule has 146 valence electrons. The van der Waals surface area contributed by atoms with Gasteiger partial charge in [0, 0.05) is 6.54 Å². The standard InChI is InChI=1S/C20H26N2O5/c1-24-16-6-4-5-7-18(16)27-13-12-22-20(23)21-11-10-15-8-9-17(25-2)19(14-15)26-3/h4-9,14H,10-13H2,1-3H3,(H2,21,22,23). The second-order valence-corrected chi connectivity index (χ2v) is 5.62. The number of ether oxygens (including phenoxy) is 4. The molecule has 0 aromatic heterocycles. The van der Waals surface area contributed by atoms with Gasteiger partial charge in [-0.3, -0.25) is 0 Å². The highest BCUT2D eigenvalue weighted by Crippen LogP contribution is 2.27. The second kappa shape index (κ2) is 10.8. The van der Waals surface area contributed by atoms with Crippen LogP contribution in [0.3, 0.4) is 0 Å². The largest absolute Gasteiger partial charge is 0.493 e. The van der Waals surface area contributed by atoms with Gasteiger partial charge in [0.25, 0.3) is 0 Å². The maximum Gasteiger partial charge on any atom is 0.314 e. The minimum Gasteiger partial charge on any atom is -0.493 e. The number of rotatable bonds is 10. The highest BCUT2D eigenvalue weighted by molar-refractivity contribution is 5.73. The number of benzene rings is 2. The van der Waals surface area contributed by atoms with Gasteiger partial charge in [-0.15, -0.1) is 0 Å². The van der Waals surface area contributed by atoms with E-state index >= 15 is 0 Å². The van der Waals surface area contributed by atoms with Crippen LogP contribution in [0.1, 0.15) is 5.56 Å². The third kappa shape index (κ3) is 6.29. The third-order valence-corrected chi connectivity index (χ3v) is 3.86. The Hall–Kier alpha value is -3.09. The molecule has 27 heavy (non-hydrogen) atoms. The lowest BCUT2D eigenvalue weighted by atomic mass is 10.1. The van der Waals surface area contributed by atoms with Crippen molar-refractivity contribution in [3.8, 4) is 23.0 Å². The molecule has 2 rings (SSSR count). The lowest BCUT2D eigenvalue weighted by Crippen LogP contribution is -2.38. The third-order valence-electron chi connectivity index (χ3n) is 3.86. The van der Waals surface area contributed by atoms with Crippen LogP contribution < -0.4 is 29.6 Å². The summed E-state index contributed by atoms with van der Waals surface area (Å²) in [7, 11) is 4.79. The molecule has 0 saturated carbocycles. The van der Waals surface area contributed by atoms with Crippen LogP contribution >= 0.6 is 0 Å². The molecule has 0 saturated heterocycles. The molecule has 0 heterocycles. The van der Waals surface area contributed by atoms with Crippen molar-refractivity contribution in [2.24, 2.45) is 0 Å². The Morgan fingerprint density at radius 2 is 1.44 bits per heavy atom. The Morgan fingerprint density at radius 3 is 2.15 bits per heavy atom. The first-order chi connectivity index (χ1) is 13.2. The fourth-order valence-electron chi connectivity index (χ4n) is 2.48.